The van der Waals surface area contributed by atoms with Crippen LogP contribution in [0.15, 0.2) is 54.6 Å². The maximum absolute atomic E-state index is 13.3. The molecule has 0 aliphatic carbocycles. The van der Waals surface area contributed by atoms with Crippen LogP contribution in [0.4, 0.5) is 5.82 Å². The number of aromatic nitrogens is 2. The molecule has 9 heteroatoms. The second-order valence-corrected chi connectivity index (χ2v) is 9.72. The number of nitrogens with zero attached hydrogens (tertiary/aromatic N) is 5. The smallest absolute Gasteiger partial charge is 0.254 e. The highest BCUT2D eigenvalue weighted by Crippen LogP contribution is 2.32. The van der Waals surface area contributed by atoms with Crippen LogP contribution in [0.3, 0.4) is 0 Å². The third kappa shape index (κ3) is 6.30. The van der Waals surface area contributed by atoms with Crippen LogP contribution in [0.5, 0.6) is 11.5 Å². The summed E-state index contributed by atoms with van der Waals surface area (Å²) in [6.45, 7) is 8.41. The van der Waals surface area contributed by atoms with Crippen molar-refractivity contribution in [3.8, 4) is 22.8 Å². The number of hydrogen-bond donors (Lipinski definition) is 0. The van der Waals surface area contributed by atoms with Gasteiger partial charge in [-0.05, 0) is 56.2 Å². The number of anilines is 1. The number of methoxy groups -OCH3 is 2. The van der Waals surface area contributed by atoms with E-state index in [1.807, 2.05) is 80.3 Å². The largest absolute Gasteiger partial charge is 0.497 e. The molecule has 1 atom stereocenters. The Kier molecular flexibility index (Phi) is 9.01. The summed E-state index contributed by atoms with van der Waals surface area (Å²) in [5.74, 6) is 1.99. The van der Waals surface area contributed by atoms with Gasteiger partial charge in [0.25, 0.3) is 5.91 Å². The molecule has 39 heavy (non-hydrogen) atoms. The molecule has 2 amide bonds. The van der Waals surface area contributed by atoms with E-state index in [0.717, 1.165) is 23.4 Å². The summed E-state index contributed by atoms with van der Waals surface area (Å²) in [6, 6.07) is 16.9. The Labute approximate surface area is 230 Å². The first-order valence-corrected chi connectivity index (χ1v) is 13.3. The third-order valence-corrected chi connectivity index (χ3v) is 7.36. The molecule has 9 nitrogen and oxygen atoms in total. The van der Waals surface area contributed by atoms with E-state index in [0.29, 0.717) is 48.9 Å². The predicted molar refractivity (Wildman–Crippen MR) is 151 cm³/mol. The lowest BCUT2D eigenvalue weighted by Crippen LogP contribution is -2.53. The molecule has 0 saturated carbocycles. The van der Waals surface area contributed by atoms with E-state index in [-0.39, 0.29) is 24.4 Å². The van der Waals surface area contributed by atoms with Crippen molar-refractivity contribution in [1.82, 2.24) is 20.0 Å². The fraction of sp³-hybridized carbons (Fsp3) is 0.400. The maximum atomic E-state index is 13.3. The number of carbonyl (C=O) groups is 2. The van der Waals surface area contributed by atoms with Crippen molar-refractivity contribution in [2.75, 3.05) is 51.8 Å². The molecule has 0 bridgehead atoms. The van der Waals surface area contributed by atoms with Crippen LogP contribution in [-0.2, 0) is 4.79 Å². The zero-order chi connectivity index (χ0) is 27.9. The molecule has 3 aromatic rings. The topological polar surface area (TPSA) is 88.1 Å². The number of aryl methyl sites for hydroxylation is 1. The first-order valence-electron chi connectivity index (χ1n) is 13.3. The Morgan fingerprint density at radius 3 is 2.33 bits per heavy atom. The molecule has 1 aliphatic heterocycles. The van der Waals surface area contributed by atoms with Crippen LogP contribution in [0.2, 0.25) is 0 Å². The van der Waals surface area contributed by atoms with E-state index in [9.17, 15) is 9.59 Å². The quantitative estimate of drug-likeness (QED) is 0.412. The van der Waals surface area contributed by atoms with Crippen LogP contribution in [-0.4, -0.2) is 84.8 Å². The van der Waals surface area contributed by atoms with E-state index in [2.05, 4.69) is 15.1 Å². The van der Waals surface area contributed by atoms with E-state index in [1.165, 1.54) is 0 Å². The van der Waals surface area contributed by atoms with Gasteiger partial charge in [0.2, 0.25) is 5.91 Å². The van der Waals surface area contributed by atoms with E-state index in [1.54, 1.807) is 19.1 Å². The predicted octanol–water partition coefficient (Wildman–Crippen LogP) is 4.06. The number of amides is 2. The molecule has 0 spiro atoms. The molecule has 2 aromatic carbocycles. The molecular formula is C30H37N5O4. The molecule has 1 unspecified atom stereocenters. The standard InChI is InChI=1S/C30H37N5O4/c1-6-22(3)35(30(37)24-10-8-7-9-21(24)2)20-29(36)34-17-15-33(16-18-34)28-14-13-26(31-32-28)25-12-11-23(38-4)19-27(25)39-5/h7-14,19,22H,6,15-18,20H2,1-5H3. The summed E-state index contributed by atoms with van der Waals surface area (Å²) in [7, 11) is 3.23. The summed E-state index contributed by atoms with van der Waals surface area (Å²) in [5, 5.41) is 8.88. The fourth-order valence-corrected chi connectivity index (χ4v) is 4.69. The van der Waals surface area contributed by atoms with Crippen molar-refractivity contribution in [3.63, 3.8) is 0 Å². The number of hydrogen-bond acceptors (Lipinski definition) is 7. The molecule has 1 fully saturated rings. The van der Waals surface area contributed by atoms with Crippen molar-refractivity contribution in [2.24, 2.45) is 0 Å². The Morgan fingerprint density at radius 2 is 1.72 bits per heavy atom. The van der Waals surface area contributed by atoms with Gasteiger partial charge in [0.1, 0.15) is 18.0 Å². The highest BCUT2D eigenvalue weighted by molar-refractivity contribution is 5.98. The van der Waals surface area contributed by atoms with Crippen molar-refractivity contribution in [3.05, 3.63) is 65.7 Å². The second kappa shape index (κ2) is 12.6. The van der Waals surface area contributed by atoms with Crippen LogP contribution in [0.25, 0.3) is 11.3 Å². The van der Waals surface area contributed by atoms with Crippen LogP contribution >= 0.6 is 0 Å². The molecule has 4 rings (SSSR count). The molecule has 0 N–H and O–H groups in total. The average molecular weight is 532 g/mol. The molecule has 2 heterocycles. The summed E-state index contributed by atoms with van der Waals surface area (Å²) in [6.07, 6.45) is 0.774. The van der Waals surface area contributed by atoms with Gasteiger partial charge in [-0.15, -0.1) is 10.2 Å². The lowest BCUT2D eigenvalue weighted by Gasteiger charge is -2.37. The third-order valence-electron chi connectivity index (χ3n) is 7.36. The van der Waals surface area contributed by atoms with Gasteiger partial charge in [-0.1, -0.05) is 25.1 Å². The van der Waals surface area contributed by atoms with Crippen molar-refractivity contribution < 1.29 is 19.1 Å². The Balaban J connectivity index is 1.38. The molecule has 1 aliphatic rings. The van der Waals surface area contributed by atoms with Gasteiger partial charge >= 0.3 is 0 Å². The fourth-order valence-electron chi connectivity index (χ4n) is 4.69. The highest BCUT2D eigenvalue weighted by Gasteiger charge is 2.28. The van der Waals surface area contributed by atoms with Gasteiger partial charge in [-0.25, -0.2) is 0 Å². The minimum absolute atomic E-state index is 0.0371. The van der Waals surface area contributed by atoms with Crippen LogP contribution in [0, 0.1) is 6.92 Å². The van der Waals surface area contributed by atoms with Gasteiger partial charge in [-0.3, -0.25) is 9.59 Å². The first kappa shape index (κ1) is 27.9. The average Bonchev–Trinajstić information content (AvgIpc) is 2.99. The number of carbonyl (C=O) groups excluding carboxylic acids is 2. The molecule has 1 aromatic heterocycles. The van der Waals surface area contributed by atoms with Gasteiger partial charge in [0.05, 0.1) is 19.9 Å². The minimum atomic E-state index is -0.0988. The summed E-state index contributed by atoms with van der Waals surface area (Å²) < 4.78 is 10.8. The van der Waals surface area contributed by atoms with E-state index >= 15 is 0 Å². The van der Waals surface area contributed by atoms with Crippen molar-refractivity contribution in [1.29, 1.82) is 0 Å². The summed E-state index contributed by atoms with van der Waals surface area (Å²) in [5.41, 5.74) is 3.09. The van der Waals surface area contributed by atoms with Gasteiger partial charge in [0, 0.05) is 49.4 Å². The maximum Gasteiger partial charge on any atom is 0.254 e. The van der Waals surface area contributed by atoms with Crippen molar-refractivity contribution in [2.45, 2.75) is 33.2 Å². The van der Waals surface area contributed by atoms with Crippen LogP contribution < -0.4 is 14.4 Å². The normalized spacial score (nSPS) is 14.1. The van der Waals surface area contributed by atoms with Gasteiger partial charge < -0.3 is 24.2 Å². The Hall–Kier alpha value is -4.14. The number of piperazine rings is 1. The number of ether oxygens (including phenoxy) is 2. The summed E-state index contributed by atoms with van der Waals surface area (Å²) in [4.78, 5) is 32.3. The lowest BCUT2D eigenvalue weighted by molar-refractivity contribution is -0.132. The zero-order valence-electron chi connectivity index (χ0n) is 23.4. The van der Waals surface area contributed by atoms with E-state index < -0.39 is 0 Å². The van der Waals surface area contributed by atoms with Gasteiger partial charge in [-0.2, -0.15) is 0 Å². The zero-order valence-corrected chi connectivity index (χ0v) is 23.4. The Bertz CT molecular complexity index is 1290. The SMILES string of the molecule is CCC(C)N(CC(=O)N1CCN(c2ccc(-c3ccc(OC)cc3OC)nn2)CC1)C(=O)c1ccccc1C. The molecule has 0 radical (unpaired) electrons. The van der Waals surface area contributed by atoms with E-state index in [4.69, 9.17) is 9.47 Å². The molecular weight excluding hydrogens is 494 g/mol. The number of benzene rings is 2. The van der Waals surface area contributed by atoms with Crippen molar-refractivity contribution >= 4 is 17.6 Å². The first-order chi connectivity index (χ1) is 18.9. The van der Waals surface area contributed by atoms with Gasteiger partial charge in [0.15, 0.2) is 5.82 Å². The monoisotopic (exact) mass is 531 g/mol. The Morgan fingerprint density at radius 1 is 0.974 bits per heavy atom. The lowest BCUT2D eigenvalue weighted by atomic mass is 10.1. The highest BCUT2D eigenvalue weighted by atomic mass is 16.5. The molecule has 1 saturated heterocycles. The van der Waals surface area contributed by atoms with Crippen LogP contribution in [0.1, 0.15) is 36.2 Å². The summed E-state index contributed by atoms with van der Waals surface area (Å²) >= 11 is 0. The molecule has 206 valence electrons. The second-order valence-electron chi connectivity index (χ2n) is 9.72. The number of rotatable bonds is 9. The minimum Gasteiger partial charge on any atom is -0.497 e.